The van der Waals surface area contributed by atoms with Gasteiger partial charge in [-0.2, -0.15) is 0 Å². The number of amides is 2. The molecule has 2 amide bonds. The second kappa shape index (κ2) is 11.7. The van der Waals surface area contributed by atoms with Crippen LogP contribution >= 0.6 is 0 Å². The zero-order valence-electron chi connectivity index (χ0n) is 14.1. The zero-order chi connectivity index (χ0) is 19.4. The van der Waals surface area contributed by atoms with Crippen LogP contribution in [-0.2, 0) is 16.1 Å². The number of nitrogens with two attached hydrogens (primary N) is 1. The van der Waals surface area contributed by atoms with E-state index in [1.807, 2.05) is 24.3 Å². The highest BCUT2D eigenvalue weighted by molar-refractivity contribution is 5.79. The molecular formula is C16H24N2O7. The van der Waals surface area contributed by atoms with Crippen molar-refractivity contribution in [3.8, 4) is 5.75 Å². The van der Waals surface area contributed by atoms with Gasteiger partial charge in [0.1, 0.15) is 5.75 Å². The highest BCUT2D eigenvalue weighted by atomic mass is 16.5. The van der Waals surface area contributed by atoms with Crippen LogP contribution in [0.3, 0.4) is 0 Å². The molecule has 0 heterocycles. The Balaban J connectivity index is 0.000000547. The van der Waals surface area contributed by atoms with Gasteiger partial charge in [-0.15, -0.1) is 0 Å². The number of carboxylic acids is 2. The molecule has 0 fully saturated rings. The maximum Gasteiger partial charge on any atom is 0.333 e. The molecule has 140 valence electrons. The first-order valence-electron chi connectivity index (χ1n) is 7.49. The van der Waals surface area contributed by atoms with Crippen molar-refractivity contribution in [3.05, 3.63) is 29.8 Å². The van der Waals surface area contributed by atoms with Gasteiger partial charge in [-0.25, -0.2) is 9.59 Å². The van der Waals surface area contributed by atoms with Crippen LogP contribution in [0.15, 0.2) is 24.3 Å². The molecule has 6 N–H and O–H groups in total. The van der Waals surface area contributed by atoms with Gasteiger partial charge in [0.05, 0.1) is 13.0 Å². The summed E-state index contributed by atoms with van der Waals surface area (Å²) in [6.07, 6.45) is -2.54. The number of carbonyl (C=O) groups is 3. The van der Waals surface area contributed by atoms with Crippen molar-refractivity contribution in [2.75, 3.05) is 6.61 Å². The number of nitrogens with one attached hydrogen (secondary N) is 1. The van der Waals surface area contributed by atoms with Crippen LogP contribution in [0.5, 0.6) is 5.75 Å². The molecule has 0 bridgehead atoms. The maximum absolute atomic E-state index is 10.5. The van der Waals surface area contributed by atoms with E-state index < -0.39 is 30.5 Å². The van der Waals surface area contributed by atoms with E-state index in [0.717, 1.165) is 11.3 Å². The van der Waals surface area contributed by atoms with E-state index in [-0.39, 0.29) is 0 Å². The third kappa shape index (κ3) is 12.3. The van der Waals surface area contributed by atoms with E-state index in [9.17, 15) is 14.4 Å². The summed E-state index contributed by atoms with van der Waals surface area (Å²) in [6, 6.07) is 7.08. The lowest BCUT2D eigenvalue weighted by atomic mass is 10.2. The molecule has 0 aromatic heterocycles. The molecule has 9 heteroatoms. The Bertz CT molecular complexity index is 558. The number of carbonyl (C=O) groups excluding carboxylic acids is 1. The molecule has 9 nitrogen and oxygen atoms in total. The Morgan fingerprint density at radius 2 is 1.72 bits per heavy atom. The fourth-order valence-corrected chi connectivity index (χ4v) is 1.41. The van der Waals surface area contributed by atoms with E-state index in [1.165, 1.54) is 0 Å². The summed E-state index contributed by atoms with van der Waals surface area (Å²) in [5.74, 6) is -1.49. The van der Waals surface area contributed by atoms with Crippen molar-refractivity contribution >= 4 is 18.0 Å². The number of aliphatic hydroxyl groups excluding tert-OH is 1. The molecule has 25 heavy (non-hydrogen) atoms. The number of aliphatic hydroxyl groups is 1. The van der Waals surface area contributed by atoms with Gasteiger partial charge in [0.15, 0.2) is 6.10 Å². The maximum atomic E-state index is 10.5. The Morgan fingerprint density at radius 1 is 1.16 bits per heavy atom. The smallest absolute Gasteiger partial charge is 0.333 e. The summed E-state index contributed by atoms with van der Waals surface area (Å²) >= 11 is 0. The van der Waals surface area contributed by atoms with Crippen molar-refractivity contribution in [1.29, 1.82) is 0 Å². The van der Waals surface area contributed by atoms with Gasteiger partial charge in [0.25, 0.3) is 0 Å². The van der Waals surface area contributed by atoms with Gasteiger partial charge in [0, 0.05) is 6.54 Å². The van der Waals surface area contributed by atoms with Crippen molar-refractivity contribution in [1.82, 2.24) is 5.32 Å². The normalized spacial score (nSPS) is 11.0. The van der Waals surface area contributed by atoms with Crippen LogP contribution in [0, 0.1) is 5.92 Å². The first-order valence-corrected chi connectivity index (χ1v) is 7.49. The molecular weight excluding hydrogens is 332 g/mol. The number of urea groups is 1. The third-order valence-electron chi connectivity index (χ3n) is 2.63. The predicted molar refractivity (Wildman–Crippen MR) is 89.1 cm³/mol. The van der Waals surface area contributed by atoms with Crippen molar-refractivity contribution in [3.63, 3.8) is 0 Å². The summed E-state index contributed by atoms with van der Waals surface area (Å²) in [4.78, 5) is 29.9. The third-order valence-corrected chi connectivity index (χ3v) is 2.63. The number of rotatable bonds is 8. The average molecular weight is 356 g/mol. The van der Waals surface area contributed by atoms with Crippen LogP contribution < -0.4 is 15.8 Å². The lowest BCUT2D eigenvalue weighted by Gasteiger charge is -2.09. The Morgan fingerprint density at radius 3 is 2.08 bits per heavy atom. The van der Waals surface area contributed by atoms with Crippen molar-refractivity contribution in [2.24, 2.45) is 11.7 Å². The molecule has 1 aromatic rings. The number of hydrogen-bond acceptors (Lipinski definition) is 5. The van der Waals surface area contributed by atoms with E-state index in [0.29, 0.717) is 19.1 Å². The van der Waals surface area contributed by atoms with E-state index in [1.54, 1.807) is 0 Å². The molecule has 0 saturated carbocycles. The fourth-order valence-electron chi connectivity index (χ4n) is 1.41. The standard InChI is InChI=1S/C12H18N2O2.C4H6O5/c1-9(2)8-16-11-5-3-10(4-6-11)7-14-12(13)15;5-2(4(8)9)1-3(6)7/h3-6,9H,7-8H2,1-2H3,(H3,13,14,15);2,5H,1H2,(H,6,7)(H,8,9). The van der Waals surface area contributed by atoms with Gasteiger partial charge in [0.2, 0.25) is 0 Å². The first kappa shape index (κ1) is 22.2. The lowest BCUT2D eigenvalue weighted by molar-refractivity contribution is -0.152. The van der Waals surface area contributed by atoms with Gasteiger partial charge < -0.3 is 31.1 Å². The molecule has 0 saturated heterocycles. The number of ether oxygens (including phenoxy) is 1. The molecule has 0 spiro atoms. The molecule has 1 rings (SSSR count). The van der Waals surface area contributed by atoms with E-state index in [4.69, 9.17) is 25.8 Å². The molecule has 0 aliphatic carbocycles. The van der Waals surface area contributed by atoms with E-state index in [2.05, 4.69) is 19.2 Å². The van der Waals surface area contributed by atoms with Crippen LogP contribution in [0.25, 0.3) is 0 Å². The summed E-state index contributed by atoms with van der Waals surface area (Å²) < 4.78 is 5.54. The fraction of sp³-hybridized carbons (Fsp3) is 0.438. The Labute approximate surface area is 145 Å². The van der Waals surface area contributed by atoms with Crippen LogP contribution in [0.1, 0.15) is 25.8 Å². The first-order chi connectivity index (χ1) is 11.6. The SMILES string of the molecule is CC(C)COc1ccc(CNC(N)=O)cc1.O=C(O)CC(O)C(=O)O. The van der Waals surface area contributed by atoms with E-state index >= 15 is 0 Å². The topological polar surface area (TPSA) is 159 Å². The minimum absolute atomic E-state index is 0.444. The second-order valence-corrected chi connectivity index (χ2v) is 5.52. The number of hydrogen-bond donors (Lipinski definition) is 5. The van der Waals surface area contributed by atoms with Gasteiger partial charge in [-0.05, 0) is 23.6 Å². The molecule has 1 atom stereocenters. The Kier molecular flexibility index (Phi) is 10.4. The second-order valence-electron chi connectivity index (χ2n) is 5.52. The average Bonchev–Trinajstić information content (AvgIpc) is 2.51. The molecule has 0 aliphatic rings. The lowest BCUT2D eigenvalue weighted by Crippen LogP contribution is -2.28. The molecule has 0 aliphatic heterocycles. The molecule has 1 aromatic carbocycles. The minimum Gasteiger partial charge on any atom is -0.493 e. The largest absolute Gasteiger partial charge is 0.493 e. The highest BCUT2D eigenvalue weighted by Gasteiger charge is 2.16. The molecule has 0 radical (unpaired) electrons. The number of benzene rings is 1. The number of aliphatic carboxylic acids is 2. The Hall–Kier alpha value is -2.81. The minimum atomic E-state index is -1.79. The number of carboxylic acid groups (broad SMARTS) is 2. The van der Waals surface area contributed by atoms with Crippen molar-refractivity contribution in [2.45, 2.75) is 32.9 Å². The van der Waals surface area contributed by atoms with Crippen LogP contribution in [-0.4, -0.2) is 46.0 Å². The van der Waals surface area contributed by atoms with Crippen LogP contribution in [0.4, 0.5) is 4.79 Å². The highest BCUT2D eigenvalue weighted by Crippen LogP contribution is 2.13. The molecule has 1 unspecified atom stereocenters. The van der Waals surface area contributed by atoms with Gasteiger partial charge in [-0.3, -0.25) is 4.79 Å². The summed E-state index contributed by atoms with van der Waals surface area (Å²) in [6.45, 7) is 5.36. The summed E-state index contributed by atoms with van der Waals surface area (Å²) in [5.41, 5.74) is 5.97. The van der Waals surface area contributed by atoms with Gasteiger partial charge in [-0.1, -0.05) is 26.0 Å². The monoisotopic (exact) mass is 356 g/mol. The quantitative estimate of drug-likeness (QED) is 0.460. The van der Waals surface area contributed by atoms with Crippen molar-refractivity contribution < 1.29 is 34.4 Å². The zero-order valence-corrected chi connectivity index (χ0v) is 14.1. The number of primary amides is 1. The van der Waals surface area contributed by atoms with Crippen LogP contribution in [0.2, 0.25) is 0 Å². The summed E-state index contributed by atoms with van der Waals surface area (Å²) in [7, 11) is 0. The van der Waals surface area contributed by atoms with Gasteiger partial charge >= 0.3 is 18.0 Å². The predicted octanol–water partition coefficient (Wildman–Crippen LogP) is 0.796. The summed E-state index contributed by atoms with van der Waals surface area (Å²) in [5, 5.41) is 26.7.